The molecule has 0 aromatic heterocycles. The molecule has 0 bridgehead atoms. The quantitative estimate of drug-likeness (QED) is 0.657. The smallest absolute Gasteiger partial charge is 0.159 e. The van der Waals surface area contributed by atoms with Crippen molar-refractivity contribution in [3.63, 3.8) is 0 Å². The molecule has 0 fully saturated rings. The van der Waals surface area contributed by atoms with Crippen LogP contribution in [0.4, 0.5) is 14.5 Å². The first kappa shape index (κ1) is 13.4. The number of nitrogens with two attached hydrogens (primary N) is 1. The standard InChI is InChI=1S/C13H10BrF2NS/c14-9-2-4-13(12(17)6-9)18-7-8-1-3-10(15)11(16)5-8/h1-6H,7,17H2. The highest BCUT2D eigenvalue weighted by Gasteiger charge is 2.05. The van der Waals surface area contributed by atoms with Gasteiger partial charge in [0.2, 0.25) is 0 Å². The van der Waals surface area contributed by atoms with Crippen LogP contribution in [0.25, 0.3) is 0 Å². The zero-order valence-electron chi connectivity index (χ0n) is 9.29. The number of nitrogen functional groups attached to an aromatic ring is 1. The molecule has 2 N–H and O–H groups in total. The summed E-state index contributed by atoms with van der Waals surface area (Å²) in [4.78, 5) is 0.919. The Hall–Kier alpha value is -1.07. The molecule has 2 rings (SSSR count). The molecule has 0 spiro atoms. The molecule has 0 atom stereocenters. The Morgan fingerprint density at radius 3 is 2.50 bits per heavy atom. The normalized spacial score (nSPS) is 10.6. The second-order valence-electron chi connectivity index (χ2n) is 3.72. The molecule has 1 nitrogen and oxygen atoms in total. The highest BCUT2D eigenvalue weighted by Crippen LogP contribution is 2.30. The molecular weight excluding hydrogens is 320 g/mol. The first-order valence-corrected chi connectivity index (χ1v) is 6.96. The number of hydrogen-bond donors (Lipinski definition) is 1. The lowest BCUT2D eigenvalue weighted by atomic mass is 10.2. The summed E-state index contributed by atoms with van der Waals surface area (Å²) in [6, 6.07) is 9.51. The van der Waals surface area contributed by atoms with Crippen LogP contribution in [0, 0.1) is 11.6 Å². The molecule has 18 heavy (non-hydrogen) atoms. The Labute approximate surface area is 117 Å². The van der Waals surface area contributed by atoms with E-state index in [1.807, 2.05) is 18.2 Å². The van der Waals surface area contributed by atoms with Crippen LogP contribution in [0.15, 0.2) is 45.8 Å². The summed E-state index contributed by atoms with van der Waals surface area (Å²) in [5, 5.41) is 0. The van der Waals surface area contributed by atoms with Crippen LogP contribution in [0.5, 0.6) is 0 Å². The Balaban J connectivity index is 2.09. The first-order valence-electron chi connectivity index (χ1n) is 5.18. The zero-order valence-corrected chi connectivity index (χ0v) is 11.7. The Bertz CT molecular complexity index is 575. The first-order chi connectivity index (χ1) is 8.56. The average molecular weight is 330 g/mol. The van der Waals surface area contributed by atoms with Crippen LogP contribution in [-0.4, -0.2) is 0 Å². The summed E-state index contributed by atoms with van der Waals surface area (Å²) in [6.07, 6.45) is 0. The maximum Gasteiger partial charge on any atom is 0.159 e. The van der Waals surface area contributed by atoms with E-state index in [1.54, 1.807) is 6.07 Å². The van der Waals surface area contributed by atoms with Crippen molar-refractivity contribution in [2.75, 3.05) is 5.73 Å². The molecule has 0 heterocycles. The molecule has 0 unspecified atom stereocenters. The van der Waals surface area contributed by atoms with Gasteiger partial charge in [0.15, 0.2) is 11.6 Å². The largest absolute Gasteiger partial charge is 0.398 e. The predicted octanol–water partition coefficient (Wildman–Crippen LogP) is 4.60. The zero-order chi connectivity index (χ0) is 13.1. The highest BCUT2D eigenvalue weighted by atomic mass is 79.9. The fraction of sp³-hybridized carbons (Fsp3) is 0.0769. The summed E-state index contributed by atoms with van der Waals surface area (Å²) in [6.45, 7) is 0. The van der Waals surface area contributed by atoms with Gasteiger partial charge >= 0.3 is 0 Å². The molecule has 0 aliphatic heterocycles. The number of thioether (sulfide) groups is 1. The Morgan fingerprint density at radius 1 is 1.06 bits per heavy atom. The SMILES string of the molecule is Nc1cc(Br)ccc1SCc1ccc(F)c(F)c1. The molecule has 0 saturated carbocycles. The number of rotatable bonds is 3. The maximum atomic E-state index is 13.0. The van der Waals surface area contributed by atoms with Gasteiger partial charge in [0.25, 0.3) is 0 Å². The fourth-order valence-corrected chi connectivity index (χ4v) is 2.71. The van der Waals surface area contributed by atoms with Crippen molar-refractivity contribution in [2.45, 2.75) is 10.6 Å². The summed E-state index contributed by atoms with van der Waals surface area (Å²) in [7, 11) is 0. The fourth-order valence-electron chi connectivity index (χ4n) is 1.44. The van der Waals surface area contributed by atoms with E-state index < -0.39 is 11.6 Å². The maximum absolute atomic E-state index is 13.0. The van der Waals surface area contributed by atoms with Crippen LogP contribution in [0.3, 0.4) is 0 Å². The van der Waals surface area contributed by atoms with E-state index in [0.717, 1.165) is 21.0 Å². The van der Waals surface area contributed by atoms with Crippen molar-refractivity contribution in [1.82, 2.24) is 0 Å². The van der Waals surface area contributed by atoms with Crippen LogP contribution in [-0.2, 0) is 5.75 Å². The third kappa shape index (κ3) is 3.23. The molecule has 0 saturated heterocycles. The van der Waals surface area contributed by atoms with Gasteiger partial charge in [-0.15, -0.1) is 11.8 Å². The molecule has 0 aliphatic carbocycles. The second-order valence-corrected chi connectivity index (χ2v) is 5.65. The predicted molar refractivity (Wildman–Crippen MR) is 74.5 cm³/mol. The monoisotopic (exact) mass is 329 g/mol. The highest BCUT2D eigenvalue weighted by molar-refractivity contribution is 9.10. The molecule has 2 aromatic rings. The summed E-state index contributed by atoms with van der Waals surface area (Å²) in [5.41, 5.74) is 7.24. The molecule has 94 valence electrons. The minimum absolute atomic E-state index is 0.545. The van der Waals surface area contributed by atoms with Gasteiger partial charge in [-0.25, -0.2) is 8.78 Å². The van der Waals surface area contributed by atoms with Crippen LogP contribution < -0.4 is 5.73 Å². The number of hydrogen-bond acceptors (Lipinski definition) is 2. The van der Waals surface area contributed by atoms with Crippen molar-refractivity contribution in [2.24, 2.45) is 0 Å². The van der Waals surface area contributed by atoms with Gasteiger partial charge in [-0.05, 0) is 35.9 Å². The van der Waals surface area contributed by atoms with Gasteiger partial charge in [0.1, 0.15) is 0 Å². The van der Waals surface area contributed by atoms with Crippen molar-refractivity contribution in [3.8, 4) is 0 Å². The Kier molecular flexibility index (Phi) is 4.24. The summed E-state index contributed by atoms with van der Waals surface area (Å²) < 4.78 is 26.7. The van der Waals surface area contributed by atoms with Gasteiger partial charge < -0.3 is 5.73 Å². The molecular formula is C13H10BrF2NS. The number of benzene rings is 2. The summed E-state index contributed by atoms with van der Waals surface area (Å²) >= 11 is 4.82. The second kappa shape index (κ2) is 5.71. The molecule has 0 amide bonds. The van der Waals surface area contributed by atoms with Crippen molar-refractivity contribution < 1.29 is 8.78 Å². The van der Waals surface area contributed by atoms with Crippen LogP contribution >= 0.6 is 27.7 Å². The van der Waals surface area contributed by atoms with Gasteiger partial charge in [0.05, 0.1) is 0 Å². The third-order valence-corrected chi connectivity index (χ3v) is 4.00. The van der Waals surface area contributed by atoms with E-state index in [0.29, 0.717) is 11.4 Å². The lowest BCUT2D eigenvalue weighted by Crippen LogP contribution is -1.90. The van der Waals surface area contributed by atoms with Crippen LogP contribution in [0.1, 0.15) is 5.56 Å². The number of halogens is 3. The van der Waals surface area contributed by atoms with Gasteiger partial charge in [0, 0.05) is 20.8 Å². The summed E-state index contributed by atoms with van der Waals surface area (Å²) in [5.74, 6) is -1.10. The lowest BCUT2D eigenvalue weighted by Gasteiger charge is -2.06. The minimum Gasteiger partial charge on any atom is -0.398 e. The van der Waals surface area contributed by atoms with E-state index in [-0.39, 0.29) is 0 Å². The van der Waals surface area contributed by atoms with E-state index in [4.69, 9.17) is 5.73 Å². The molecule has 2 aromatic carbocycles. The van der Waals surface area contributed by atoms with Crippen LogP contribution in [0.2, 0.25) is 0 Å². The van der Waals surface area contributed by atoms with Gasteiger partial charge in [-0.3, -0.25) is 0 Å². The van der Waals surface area contributed by atoms with E-state index in [9.17, 15) is 8.78 Å². The average Bonchev–Trinajstić information content (AvgIpc) is 2.32. The lowest BCUT2D eigenvalue weighted by molar-refractivity contribution is 0.507. The minimum atomic E-state index is -0.827. The van der Waals surface area contributed by atoms with Crippen molar-refractivity contribution >= 4 is 33.4 Å². The Morgan fingerprint density at radius 2 is 1.83 bits per heavy atom. The van der Waals surface area contributed by atoms with Gasteiger partial charge in [-0.1, -0.05) is 22.0 Å². The third-order valence-electron chi connectivity index (χ3n) is 2.35. The van der Waals surface area contributed by atoms with Crippen molar-refractivity contribution in [3.05, 3.63) is 58.1 Å². The number of anilines is 1. The van der Waals surface area contributed by atoms with E-state index in [1.165, 1.54) is 17.8 Å². The van der Waals surface area contributed by atoms with Gasteiger partial charge in [-0.2, -0.15) is 0 Å². The topological polar surface area (TPSA) is 26.0 Å². The van der Waals surface area contributed by atoms with E-state index >= 15 is 0 Å². The molecule has 0 aliphatic rings. The van der Waals surface area contributed by atoms with Crippen molar-refractivity contribution in [1.29, 1.82) is 0 Å². The van der Waals surface area contributed by atoms with E-state index in [2.05, 4.69) is 15.9 Å². The molecule has 5 heteroatoms. The molecule has 0 radical (unpaired) electrons.